The molecule has 1 atom stereocenters. The Hall–Kier alpha value is -3.04. The van der Waals surface area contributed by atoms with Crippen molar-refractivity contribution in [2.45, 2.75) is 13.0 Å². The number of nitrogens with zero attached hydrogens (tertiary/aromatic N) is 2. The molecule has 31 heavy (non-hydrogen) atoms. The minimum Gasteiger partial charge on any atom is -0.497 e. The molecule has 0 spiro atoms. The number of carbonyl (C=O) groups is 2. The number of anilines is 1. The zero-order valence-corrected chi connectivity index (χ0v) is 19.0. The Morgan fingerprint density at radius 2 is 1.65 bits per heavy atom. The number of hydrogen-bond acceptors (Lipinski definition) is 8. The summed E-state index contributed by atoms with van der Waals surface area (Å²) in [5.74, 6) is -0.0343. The van der Waals surface area contributed by atoms with Crippen molar-refractivity contribution in [2.24, 2.45) is 10.2 Å². The molecule has 0 saturated carbocycles. The number of methoxy groups -OCH3 is 4. The molecule has 9 nitrogen and oxygen atoms in total. The number of rotatable bonds is 9. The lowest BCUT2D eigenvalue weighted by Gasteiger charge is -2.15. The van der Waals surface area contributed by atoms with E-state index in [-0.39, 0.29) is 32.9 Å². The Morgan fingerprint density at radius 3 is 2.19 bits per heavy atom. The highest BCUT2D eigenvalue weighted by atomic mass is 35.5. The maximum atomic E-state index is 12.8. The van der Waals surface area contributed by atoms with Crippen molar-refractivity contribution in [2.75, 3.05) is 33.8 Å². The van der Waals surface area contributed by atoms with Gasteiger partial charge in [-0.15, -0.1) is 0 Å². The van der Waals surface area contributed by atoms with Crippen molar-refractivity contribution in [3.05, 3.63) is 34.3 Å². The van der Waals surface area contributed by atoms with Crippen molar-refractivity contribution in [1.29, 1.82) is 0 Å². The van der Waals surface area contributed by atoms with Gasteiger partial charge in [0.1, 0.15) is 16.5 Å². The number of hydrogen-bond donors (Lipinski definition) is 1. The predicted molar refractivity (Wildman–Crippen MR) is 117 cm³/mol. The zero-order valence-electron chi connectivity index (χ0n) is 17.5. The quantitative estimate of drug-likeness (QED) is 0.420. The molecule has 0 bridgehead atoms. The fourth-order valence-corrected chi connectivity index (χ4v) is 3.14. The van der Waals surface area contributed by atoms with Gasteiger partial charge in [-0.1, -0.05) is 23.2 Å². The largest absolute Gasteiger partial charge is 0.497 e. The van der Waals surface area contributed by atoms with Gasteiger partial charge in [-0.3, -0.25) is 9.59 Å². The molecule has 2 aromatic rings. The monoisotopic (exact) mass is 469 g/mol. The summed E-state index contributed by atoms with van der Waals surface area (Å²) in [5.41, 5.74) is 0.405. The van der Waals surface area contributed by atoms with Crippen LogP contribution in [0.3, 0.4) is 0 Å². The number of carbonyl (C=O) groups excluding carboxylic acids is 2. The molecule has 0 aliphatic rings. The van der Waals surface area contributed by atoms with E-state index < -0.39 is 17.7 Å². The van der Waals surface area contributed by atoms with Crippen LogP contribution in [0.15, 0.2) is 34.5 Å². The first-order valence-electron chi connectivity index (χ1n) is 8.81. The topological polar surface area (TPSA) is 108 Å². The molecule has 1 amide bonds. The molecule has 0 aliphatic carbocycles. The molecule has 11 heteroatoms. The van der Waals surface area contributed by atoms with E-state index in [1.807, 2.05) is 0 Å². The molecular weight excluding hydrogens is 449 g/mol. The molecule has 0 saturated heterocycles. The van der Waals surface area contributed by atoms with Gasteiger partial charge in [0.2, 0.25) is 6.04 Å². The normalized spacial score (nSPS) is 11.7. The fourth-order valence-electron chi connectivity index (χ4n) is 2.58. The number of amides is 1. The van der Waals surface area contributed by atoms with Crippen LogP contribution < -0.4 is 24.3 Å². The Bertz CT molecular complexity index is 1010. The standard InChI is InChI=1S/C20H21Cl2N3O6/c1-10(26)17(25-24-13-6-7-15(29-3)19(31-5)16(13)22)20(27)23-14-9-11(28-2)8-12(21)18(14)30-4/h6-9,17H,1-5H3,(H,23,27). The summed E-state index contributed by atoms with van der Waals surface area (Å²) in [4.78, 5) is 24.8. The second kappa shape index (κ2) is 10.8. The van der Waals surface area contributed by atoms with Crippen LogP contribution in [0.5, 0.6) is 23.0 Å². The van der Waals surface area contributed by atoms with E-state index in [4.69, 9.17) is 42.1 Å². The molecule has 0 heterocycles. The number of ketones is 1. The summed E-state index contributed by atoms with van der Waals surface area (Å²) in [5, 5.41) is 10.7. The summed E-state index contributed by atoms with van der Waals surface area (Å²) in [6, 6.07) is 4.68. The Kier molecular flexibility index (Phi) is 8.47. The average Bonchev–Trinajstić information content (AvgIpc) is 2.74. The smallest absolute Gasteiger partial charge is 0.258 e. The van der Waals surface area contributed by atoms with Crippen LogP contribution in [-0.2, 0) is 9.59 Å². The zero-order chi connectivity index (χ0) is 23.1. The van der Waals surface area contributed by atoms with E-state index in [0.29, 0.717) is 11.5 Å². The molecule has 0 aliphatic heterocycles. The highest BCUT2D eigenvalue weighted by Gasteiger charge is 2.25. The van der Waals surface area contributed by atoms with Gasteiger partial charge in [0, 0.05) is 12.1 Å². The molecule has 1 N–H and O–H groups in total. The Morgan fingerprint density at radius 1 is 0.968 bits per heavy atom. The third-order valence-corrected chi connectivity index (χ3v) is 4.74. The summed E-state index contributed by atoms with van der Waals surface area (Å²) in [7, 11) is 5.72. The van der Waals surface area contributed by atoms with Crippen LogP contribution in [0.1, 0.15) is 6.92 Å². The highest BCUT2D eigenvalue weighted by molar-refractivity contribution is 6.34. The number of halogens is 2. The molecule has 0 aromatic heterocycles. The number of nitrogens with one attached hydrogen (secondary N) is 1. The third-order valence-electron chi connectivity index (χ3n) is 4.09. The van der Waals surface area contributed by atoms with Gasteiger partial charge in [-0.05, 0) is 19.1 Å². The van der Waals surface area contributed by atoms with Crippen molar-refractivity contribution < 1.29 is 28.5 Å². The van der Waals surface area contributed by atoms with E-state index in [9.17, 15) is 9.59 Å². The maximum absolute atomic E-state index is 12.8. The number of azo groups is 1. The van der Waals surface area contributed by atoms with E-state index in [1.54, 1.807) is 6.07 Å². The minimum atomic E-state index is -1.45. The average molecular weight is 470 g/mol. The van der Waals surface area contributed by atoms with Gasteiger partial charge in [0.15, 0.2) is 23.0 Å². The second-order valence-electron chi connectivity index (χ2n) is 6.04. The van der Waals surface area contributed by atoms with Gasteiger partial charge in [0.05, 0.1) is 39.1 Å². The van der Waals surface area contributed by atoms with Crippen LogP contribution in [0, 0.1) is 0 Å². The molecule has 0 radical (unpaired) electrons. The summed E-state index contributed by atoms with van der Waals surface area (Å²) >= 11 is 12.4. The number of benzene rings is 2. The lowest BCUT2D eigenvalue weighted by Crippen LogP contribution is -2.32. The summed E-state index contributed by atoms with van der Waals surface area (Å²) < 4.78 is 20.7. The van der Waals surface area contributed by atoms with Gasteiger partial charge < -0.3 is 24.3 Å². The van der Waals surface area contributed by atoms with Crippen LogP contribution in [0.2, 0.25) is 10.0 Å². The van der Waals surface area contributed by atoms with Crippen molar-refractivity contribution in [1.82, 2.24) is 0 Å². The molecule has 166 valence electrons. The first kappa shape index (κ1) is 24.2. The maximum Gasteiger partial charge on any atom is 0.258 e. The predicted octanol–water partition coefficient (Wildman–Crippen LogP) is 4.71. The van der Waals surface area contributed by atoms with E-state index >= 15 is 0 Å². The van der Waals surface area contributed by atoms with Crippen LogP contribution >= 0.6 is 23.2 Å². The summed E-state index contributed by atoms with van der Waals surface area (Å²) in [6.45, 7) is 1.22. The Balaban J connectivity index is 2.35. The molecule has 0 fully saturated rings. The Labute approximate surface area is 189 Å². The van der Waals surface area contributed by atoms with Crippen LogP contribution in [0.4, 0.5) is 11.4 Å². The third kappa shape index (κ3) is 5.56. The minimum absolute atomic E-state index is 0.120. The van der Waals surface area contributed by atoms with Crippen molar-refractivity contribution in [3.8, 4) is 23.0 Å². The lowest BCUT2D eigenvalue weighted by atomic mass is 10.2. The molecule has 2 rings (SSSR count). The number of ether oxygens (including phenoxy) is 4. The summed E-state index contributed by atoms with van der Waals surface area (Å²) in [6.07, 6.45) is 0. The lowest BCUT2D eigenvalue weighted by molar-refractivity contribution is -0.126. The highest BCUT2D eigenvalue weighted by Crippen LogP contribution is 2.41. The van der Waals surface area contributed by atoms with Crippen LogP contribution in [-0.4, -0.2) is 46.2 Å². The first-order chi connectivity index (χ1) is 14.8. The molecular formula is C20H21Cl2N3O6. The fraction of sp³-hybridized carbons (Fsp3) is 0.300. The van der Waals surface area contributed by atoms with Crippen LogP contribution in [0.25, 0.3) is 0 Å². The van der Waals surface area contributed by atoms with E-state index in [1.165, 1.54) is 53.6 Å². The van der Waals surface area contributed by atoms with E-state index in [2.05, 4.69) is 15.5 Å². The van der Waals surface area contributed by atoms with Gasteiger partial charge in [0.25, 0.3) is 5.91 Å². The second-order valence-corrected chi connectivity index (χ2v) is 6.83. The number of Topliss-reactive ketones (excluding diaryl/α,β-unsaturated/α-hetero) is 1. The molecule has 2 aromatic carbocycles. The van der Waals surface area contributed by atoms with Gasteiger partial charge in [-0.25, -0.2) is 0 Å². The molecule has 1 unspecified atom stereocenters. The first-order valence-corrected chi connectivity index (χ1v) is 9.57. The van der Waals surface area contributed by atoms with Gasteiger partial charge >= 0.3 is 0 Å². The van der Waals surface area contributed by atoms with Gasteiger partial charge in [-0.2, -0.15) is 10.2 Å². The van der Waals surface area contributed by atoms with Crippen molar-refractivity contribution >= 4 is 46.3 Å². The SMILES string of the molecule is COc1cc(Cl)c(OC)c(NC(=O)C(N=Nc2ccc(OC)c(OC)c2Cl)C(C)=O)c1. The van der Waals surface area contributed by atoms with Crippen molar-refractivity contribution in [3.63, 3.8) is 0 Å². The van der Waals surface area contributed by atoms with E-state index in [0.717, 1.165) is 0 Å².